The summed E-state index contributed by atoms with van der Waals surface area (Å²) in [6.45, 7) is 4.41. The predicted octanol–water partition coefficient (Wildman–Crippen LogP) is 4.24. The average molecular weight is 322 g/mol. The van der Waals surface area contributed by atoms with Gasteiger partial charge in [-0.2, -0.15) is 0 Å². The molecule has 1 unspecified atom stereocenters. The van der Waals surface area contributed by atoms with Gasteiger partial charge >= 0.3 is 0 Å². The average Bonchev–Trinajstić information content (AvgIpc) is 3.23. The Morgan fingerprint density at radius 2 is 1.92 bits per heavy atom. The third-order valence-corrected chi connectivity index (χ3v) is 6.04. The Morgan fingerprint density at radius 3 is 2.79 bits per heavy atom. The number of aromatic nitrogens is 1. The molecule has 126 valence electrons. The third kappa shape index (κ3) is 2.29. The third-order valence-electron chi connectivity index (χ3n) is 6.04. The van der Waals surface area contributed by atoms with Crippen molar-refractivity contribution in [1.82, 2.24) is 9.88 Å². The topological polar surface area (TPSA) is 26.2 Å². The molecule has 2 aromatic rings. The highest BCUT2D eigenvalue weighted by atomic mass is 16.5. The lowest BCUT2D eigenvalue weighted by Crippen LogP contribution is -2.31. The van der Waals surface area contributed by atoms with Crippen LogP contribution >= 0.6 is 0 Å². The van der Waals surface area contributed by atoms with Crippen molar-refractivity contribution in [3.05, 3.63) is 41.1 Å². The quantitative estimate of drug-likeness (QED) is 0.895. The van der Waals surface area contributed by atoms with Gasteiger partial charge in [-0.1, -0.05) is 0 Å². The minimum Gasteiger partial charge on any atom is -0.490 e. The maximum absolute atomic E-state index is 6.22. The van der Waals surface area contributed by atoms with Crippen molar-refractivity contribution in [2.45, 2.75) is 64.1 Å². The Hall–Kier alpha value is -1.74. The largest absolute Gasteiger partial charge is 0.490 e. The van der Waals surface area contributed by atoms with Gasteiger partial charge < -0.3 is 14.6 Å². The zero-order valence-electron chi connectivity index (χ0n) is 14.5. The highest BCUT2D eigenvalue weighted by Crippen LogP contribution is 2.40. The fourth-order valence-electron chi connectivity index (χ4n) is 4.78. The first kappa shape index (κ1) is 14.6. The Bertz CT molecular complexity index is 770. The van der Waals surface area contributed by atoms with E-state index in [1.54, 1.807) is 0 Å². The van der Waals surface area contributed by atoms with E-state index < -0.39 is 0 Å². The number of nitrogens with zero attached hydrogens (tertiary/aromatic N) is 1. The smallest absolute Gasteiger partial charge is 0.120 e. The van der Waals surface area contributed by atoms with E-state index in [0.717, 1.165) is 31.7 Å². The fourth-order valence-corrected chi connectivity index (χ4v) is 4.78. The van der Waals surface area contributed by atoms with Crippen LogP contribution in [0.25, 0.3) is 11.3 Å². The maximum Gasteiger partial charge on any atom is 0.120 e. The molecule has 0 saturated heterocycles. The lowest BCUT2D eigenvalue weighted by Gasteiger charge is -2.27. The van der Waals surface area contributed by atoms with Gasteiger partial charge in [0.15, 0.2) is 0 Å². The minimum absolute atomic E-state index is 0.440. The van der Waals surface area contributed by atoms with E-state index in [4.69, 9.17) is 4.74 Å². The molecular formula is C21H26N2O. The number of nitrogens with one attached hydrogen (secondary N) is 1. The monoisotopic (exact) mass is 322 g/mol. The van der Waals surface area contributed by atoms with Gasteiger partial charge in [-0.3, -0.25) is 0 Å². The van der Waals surface area contributed by atoms with Crippen molar-refractivity contribution in [3.63, 3.8) is 0 Å². The van der Waals surface area contributed by atoms with Crippen LogP contribution in [-0.4, -0.2) is 17.2 Å². The van der Waals surface area contributed by atoms with Gasteiger partial charge in [-0.25, -0.2) is 0 Å². The molecule has 0 radical (unpaired) electrons. The number of fused-ring (bicyclic) bond motifs is 5. The van der Waals surface area contributed by atoms with Crippen LogP contribution in [0, 0.1) is 0 Å². The lowest BCUT2D eigenvalue weighted by atomic mass is 9.90. The second-order valence-corrected chi connectivity index (χ2v) is 7.61. The molecule has 2 heterocycles. The molecule has 3 aliphatic rings. The van der Waals surface area contributed by atoms with Crippen LogP contribution in [0.1, 0.15) is 55.5 Å². The van der Waals surface area contributed by atoms with Crippen LogP contribution in [0.3, 0.4) is 0 Å². The van der Waals surface area contributed by atoms with Crippen molar-refractivity contribution >= 4 is 0 Å². The summed E-state index contributed by atoms with van der Waals surface area (Å²) in [5, 5.41) is 3.58. The van der Waals surface area contributed by atoms with Gasteiger partial charge in [0.05, 0.1) is 11.8 Å². The summed E-state index contributed by atoms with van der Waals surface area (Å²) in [6.07, 6.45) is 7.81. The number of hydrogen-bond acceptors (Lipinski definition) is 2. The molecule has 1 aromatic heterocycles. The first-order chi connectivity index (χ1) is 11.8. The number of aryl methyl sites for hydroxylation is 2. The second kappa shape index (κ2) is 5.66. The van der Waals surface area contributed by atoms with Crippen LogP contribution in [0.15, 0.2) is 24.3 Å². The molecule has 1 saturated carbocycles. The molecule has 1 fully saturated rings. The molecule has 24 heavy (non-hydrogen) atoms. The standard InChI is InChI=1S/C21H26N2O/c1-14-20-13-16-7-6-15-12-18(24-17-4-2-3-5-17)8-9-19(15)21(16)23(20)11-10-22-14/h8-9,12-14,17,22H,2-7,10-11H2,1H3. The Balaban J connectivity index is 1.52. The van der Waals surface area contributed by atoms with E-state index in [1.807, 2.05) is 0 Å². The van der Waals surface area contributed by atoms with Gasteiger partial charge in [0.1, 0.15) is 5.75 Å². The molecule has 1 atom stereocenters. The highest BCUT2D eigenvalue weighted by Gasteiger charge is 2.27. The number of ether oxygens (including phenoxy) is 1. The summed E-state index contributed by atoms with van der Waals surface area (Å²) in [5.41, 5.74) is 7.33. The van der Waals surface area contributed by atoms with E-state index in [1.165, 1.54) is 53.8 Å². The zero-order valence-corrected chi connectivity index (χ0v) is 14.5. The van der Waals surface area contributed by atoms with Crippen LogP contribution in [0.2, 0.25) is 0 Å². The normalized spacial score (nSPS) is 22.8. The Morgan fingerprint density at radius 1 is 1.08 bits per heavy atom. The van der Waals surface area contributed by atoms with Crippen molar-refractivity contribution in [3.8, 4) is 17.0 Å². The van der Waals surface area contributed by atoms with Crippen molar-refractivity contribution in [1.29, 1.82) is 0 Å². The van der Waals surface area contributed by atoms with Crippen molar-refractivity contribution in [2.24, 2.45) is 0 Å². The first-order valence-electron chi connectivity index (χ1n) is 9.55. The summed E-state index contributed by atoms with van der Waals surface area (Å²) >= 11 is 0. The molecule has 1 aliphatic heterocycles. The maximum atomic E-state index is 6.22. The summed E-state index contributed by atoms with van der Waals surface area (Å²) < 4.78 is 8.77. The van der Waals surface area contributed by atoms with Crippen LogP contribution in [0.4, 0.5) is 0 Å². The lowest BCUT2D eigenvalue weighted by molar-refractivity contribution is 0.210. The van der Waals surface area contributed by atoms with Crippen LogP contribution < -0.4 is 10.1 Å². The van der Waals surface area contributed by atoms with Crippen molar-refractivity contribution in [2.75, 3.05) is 6.54 Å². The second-order valence-electron chi connectivity index (χ2n) is 7.61. The van der Waals surface area contributed by atoms with E-state index in [9.17, 15) is 0 Å². The van der Waals surface area contributed by atoms with Crippen molar-refractivity contribution < 1.29 is 4.74 Å². The van der Waals surface area contributed by atoms with E-state index in [-0.39, 0.29) is 0 Å². The molecule has 3 nitrogen and oxygen atoms in total. The van der Waals surface area contributed by atoms with Gasteiger partial charge in [0, 0.05) is 30.4 Å². The molecule has 5 rings (SSSR count). The molecule has 2 aliphatic carbocycles. The molecule has 0 spiro atoms. The van der Waals surface area contributed by atoms with Gasteiger partial charge in [-0.15, -0.1) is 0 Å². The van der Waals surface area contributed by atoms with Gasteiger partial charge in [-0.05, 0) is 80.8 Å². The number of hydrogen-bond donors (Lipinski definition) is 1. The fraction of sp³-hybridized carbons (Fsp3) is 0.524. The molecular weight excluding hydrogens is 296 g/mol. The predicted molar refractivity (Wildman–Crippen MR) is 96.6 cm³/mol. The molecule has 1 aromatic carbocycles. The summed E-state index contributed by atoms with van der Waals surface area (Å²) in [7, 11) is 0. The Kier molecular flexibility index (Phi) is 3.44. The van der Waals surface area contributed by atoms with Gasteiger partial charge in [0.2, 0.25) is 0 Å². The van der Waals surface area contributed by atoms with Gasteiger partial charge in [0.25, 0.3) is 0 Å². The number of benzene rings is 1. The molecule has 1 N–H and O–H groups in total. The highest BCUT2D eigenvalue weighted by molar-refractivity contribution is 5.72. The van der Waals surface area contributed by atoms with Crippen LogP contribution in [-0.2, 0) is 19.4 Å². The van der Waals surface area contributed by atoms with Crippen LogP contribution in [0.5, 0.6) is 5.75 Å². The van der Waals surface area contributed by atoms with E-state index in [2.05, 4.69) is 41.1 Å². The Labute approximate surface area is 144 Å². The number of rotatable bonds is 2. The molecule has 0 amide bonds. The summed E-state index contributed by atoms with van der Waals surface area (Å²) in [6, 6.07) is 9.69. The minimum atomic E-state index is 0.440. The zero-order chi connectivity index (χ0) is 16.1. The summed E-state index contributed by atoms with van der Waals surface area (Å²) in [4.78, 5) is 0. The van der Waals surface area contributed by atoms with E-state index >= 15 is 0 Å². The molecule has 3 heteroatoms. The first-order valence-corrected chi connectivity index (χ1v) is 9.55. The molecule has 0 bridgehead atoms. The van der Waals surface area contributed by atoms with E-state index in [0.29, 0.717) is 12.1 Å². The SMILES string of the molecule is CC1NCCn2c1cc1c2-c2ccc(OC3CCCC3)cc2CC1. The summed E-state index contributed by atoms with van der Waals surface area (Å²) in [5.74, 6) is 1.07.